The van der Waals surface area contributed by atoms with Crippen LogP contribution in [-0.2, 0) is 0 Å². The molecule has 5 nitrogen and oxygen atoms in total. The number of aromatic nitrogens is 3. The largest absolute Gasteiger partial charge is 0.438 e. The Balaban J connectivity index is 1.78. The molecule has 0 unspecified atom stereocenters. The fraction of sp³-hybridized carbons (Fsp3) is 0. The molecule has 4 aromatic rings. The van der Waals surface area contributed by atoms with E-state index in [1.807, 2.05) is 23.6 Å². The standard InChI is InChI=1S/C18H10N4OS/c19-11-12-1-3-14(4-2-12)23-17-15-7-10-24-18(15)22-16(21-17)13-5-8-20-9-6-13/h1-10H. The first-order chi connectivity index (χ1) is 11.8. The second kappa shape index (κ2) is 6.07. The van der Waals surface area contributed by atoms with Gasteiger partial charge in [0.2, 0.25) is 5.88 Å². The number of benzene rings is 1. The molecule has 3 aromatic heterocycles. The van der Waals surface area contributed by atoms with Gasteiger partial charge in [0.15, 0.2) is 5.82 Å². The molecular formula is C18H10N4OS. The fourth-order valence-electron chi connectivity index (χ4n) is 2.25. The molecule has 0 radical (unpaired) electrons. The summed E-state index contributed by atoms with van der Waals surface area (Å²) in [6.45, 7) is 0. The lowest BCUT2D eigenvalue weighted by Crippen LogP contribution is -1.94. The average molecular weight is 330 g/mol. The summed E-state index contributed by atoms with van der Waals surface area (Å²) < 4.78 is 5.94. The zero-order valence-electron chi connectivity index (χ0n) is 12.4. The van der Waals surface area contributed by atoms with E-state index >= 15 is 0 Å². The van der Waals surface area contributed by atoms with E-state index in [0.717, 1.165) is 15.8 Å². The zero-order chi connectivity index (χ0) is 16.4. The molecule has 1 aromatic carbocycles. The number of thiophene rings is 1. The van der Waals surface area contributed by atoms with Crippen LogP contribution in [0.5, 0.6) is 11.6 Å². The molecule has 4 rings (SSSR count). The lowest BCUT2D eigenvalue weighted by atomic mass is 10.2. The summed E-state index contributed by atoms with van der Waals surface area (Å²) in [5, 5.41) is 11.7. The average Bonchev–Trinajstić information content (AvgIpc) is 3.12. The molecule has 0 aliphatic carbocycles. The summed E-state index contributed by atoms with van der Waals surface area (Å²) in [7, 11) is 0. The SMILES string of the molecule is N#Cc1ccc(Oc2nc(-c3ccncc3)nc3sccc23)cc1. The van der Waals surface area contributed by atoms with Gasteiger partial charge in [-0.2, -0.15) is 10.2 Å². The maximum Gasteiger partial charge on any atom is 0.231 e. The van der Waals surface area contributed by atoms with Gasteiger partial charge >= 0.3 is 0 Å². The number of hydrogen-bond acceptors (Lipinski definition) is 6. The number of pyridine rings is 1. The fourth-order valence-corrected chi connectivity index (χ4v) is 3.00. The van der Waals surface area contributed by atoms with Gasteiger partial charge in [-0.3, -0.25) is 4.98 Å². The van der Waals surface area contributed by atoms with Crippen molar-refractivity contribution in [2.45, 2.75) is 0 Å². The number of nitriles is 1. The Morgan fingerprint density at radius 2 is 1.75 bits per heavy atom. The molecule has 0 saturated heterocycles. The smallest absolute Gasteiger partial charge is 0.231 e. The normalized spacial score (nSPS) is 10.5. The van der Waals surface area contributed by atoms with Crippen LogP contribution in [0.4, 0.5) is 0 Å². The molecule has 0 aliphatic heterocycles. The third-order valence-corrected chi connectivity index (χ3v) is 4.23. The zero-order valence-corrected chi connectivity index (χ0v) is 13.2. The van der Waals surface area contributed by atoms with Crippen molar-refractivity contribution in [2.75, 3.05) is 0 Å². The highest BCUT2D eigenvalue weighted by molar-refractivity contribution is 7.16. The van der Waals surface area contributed by atoms with Crippen molar-refractivity contribution < 1.29 is 4.74 Å². The molecule has 0 saturated carbocycles. The van der Waals surface area contributed by atoms with Gasteiger partial charge in [0, 0.05) is 18.0 Å². The molecule has 0 bridgehead atoms. The molecule has 24 heavy (non-hydrogen) atoms. The Labute approximate surface area is 141 Å². The Hall–Kier alpha value is -3.30. The van der Waals surface area contributed by atoms with Gasteiger partial charge in [0.05, 0.1) is 17.0 Å². The molecule has 0 spiro atoms. The van der Waals surface area contributed by atoms with Crippen molar-refractivity contribution in [3.05, 3.63) is 65.8 Å². The number of fused-ring (bicyclic) bond motifs is 1. The minimum atomic E-state index is 0.498. The van der Waals surface area contributed by atoms with Crippen molar-refractivity contribution in [3.8, 4) is 29.1 Å². The molecule has 0 aliphatic rings. The Morgan fingerprint density at radius 1 is 0.958 bits per heavy atom. The summed E-state index contributed by atoms with van der Waals surface area (Å²) in [6.07, 6.45) is 3.41. The summed E-state index contributed by atoms with van der Waals surface area (Å²) in [5.74, 6) is 1.72. The van der Waals surface area contributed by atoms with Crippen LogP contribution in [-0.4, -0.2) is 15.0 Å². The quantitative estimate of drug-likeness (QED) is 0.556. The molecule has 3 heterocycles. The minimum absolute atomic E-state index is 0.498. The highest BCUT2D eigenvalue weighted by atomic mass is 32.1. The molecule has 114 valence electrons. The van der Waals surface area contributed by atoms with E-state index in [9.17, 15) is 0 Å². The maximum absolute atomic E-state index is 8.88. The lowest BCUT2D eigenvalue weighted by Gasteiger charge is -2.08. The van der Waals surface area contributed by atoms with Gasteiger partial charge in [-0.1, -0.05) is 0 Å². The second-order valence-electron chi connectivity index (χ2n) is 4.97. The van der Waals surface area contributed by atoms with E-state index in [1.54, 1.807) is 36.7 Å². The highest BCUT2D eigenvalue weighted by Crippen LogP contribution is 2.32. The van der Waals surface area contributed by atoms with Crippen molar-refractivity contribution >= 4 is 21.6 Å². The molecular weight excluding hydrogens is 320 g/mol. The van der Waals surface area contributed by atoms with Crippen LogP contribution in [0.3, 0.4) is 0 Å². The number of hydrogen-bond donors (Lipinski definition) is 0. The van der Waals surface area contributed by atoms with Crippen LogP contribution in [0, 0.1) is 11.3 Å². The van der Waals surface area contributed by atoms with E-state index in [4.69, 9.17) is 10.00 Å². The predicted octanol–water partition coefficient (Wildman–Crippen LogP) is 4.42. The van der Waals surface area contributed by atoms with Gasteiger partial charge in [-0.15, -0.1) is 11.3 Å². The van der Waals surface area contributed by atoms with E-state index in [0.29, 0.717) is 23.0 Å². The van der Waals surface area contributed by atoms with E-state index in [-0.39, 0.29) is 0 Å². The van der Waals surface area contributed by atoms with Gasteiger partial charge in [0.25, 0.3) is 0 Å². The maximum atomic E-state index is 8.88. The van der Waals surface area contributed by atoms with E-state index < -0.39 is 0 Å². The van der Waals surface area contributed by atoms with Crippen LogP contribution in [0.1, 0.15) is 5.56 Å². The first-order valence-corrected chi connectivity index (χ1v) is 8.05. The molecule has 0 N–H and O–H groups in total. The van der Waals surface area contributed by atoms with Gasteiger partial charge < -0.3 is 4.74 Å². The highest BCUT2D eigenvalue weighted by Gasteiger charge is 2.12. The van der Waals surface area contributed by atoms with Crippen LogP contribution in [0.2, 0.25) is 0 Å². The van der Waals surface area contributed by atoms with Crippen molar-refractivity contribution in [2.24, 2.45) is 0 Å². The summed E-state index contributed by atoms with van der Waals surface area (Å²) in [6, 6.07) is 14.7. The molecule has 6 heteroatoms. The monoisotopic (exact) mass is 330 g/mol. The Morgan fingerprint density at radius 3 is 2.50 bits per heavy atom. The van der Waals surface area contributed by atoms with Crippen LogP contribution in [0.15, 0.2) is 60.2 Å². The third kappa shape index (κ3) is 2.69. The summed E-state index contributed by atoms with van der Waals surface area (Å²) in [4.78, 5) is 14.0. The first-order valence-electron chi connectivity index (χ1n) is 7.17. The van der Waals surface area contributed by atoms with Crippen molar-refractivity contribution in [1.29, 1.82) is 5.26 Å². The Bertz CT molecular complexity index is 1040. The number of rotatable bonds is 3. The van der Waals surface area contributed by atoms with Gasteiger partial charge in [-0.25, -0.2) is 4.98 Å². The van der Waals surface area contributed by atoms with Crippen LogP contribution >= 0.6 is 11.3 Å². The van der Waals surface area contributed by atoms with Crippen LogP contribution in [0.25, 0.3) is 21.6 Å². The van der Waals surface area contributed by atoms with Crippen molar-refractivity contribution in [1.82, 2.24) is 15.0 Å². The van der Waals surface area contributed by atoms with Gasteiger partial charge in [0.1, 0.15) is 10.6 Å². The van der Waals surface area contributed by atoms with E-state index in [2.05, 4.69) is 21.0 Å². The van der Waals surface area contributed by atoms with Gasteiger partial charge in [-0.05, 0) is 47.8 Å². The second-order valence-corrected chi connectivity index (χ2v) is 5.86. The minimum Gasteiger partial charge on any atom is -0.438 e. The van der Waals surface area contributed by atoms with Crippen LogP contribution < -0.4 is 4.74 Å². The lowest BCUT2D eigenvalue weighted by molar-refractivity contribution is 0.469. The topological polar surface area (TPSA) is 71.7 Å². The first kappa shape index (κ1) is 14.3. The summed E-state index contributed by atoms with van der Waals surface area (Å²) >= 11 is 1.54. The number of ether oxygens (including phenoxy) is 1. The summed E-state index contributed by atoms with van der Waals surface area (Å²) in [5.41, 5.74) is 1.47. The molecule has 0 fully saturated rings. The Kier molecular flexibility index (Phi) is 3.61. The predicted molar refractivity (Wildman–Crippen MR) is 91.9 cm³/mol. The van der Waals surface area contributed by atoms with E-state index in [1.165, 1.54) is 11.3 Å². The van der Waals surface area contributed by atoms with Crippen molar-refractivity contribution in [3.63, 3.8) is 0 Å². The molecule has 0 amide bonds. The third-order valence-electron chi connectivity index (χ3n) is 3.43. The number of nitrogens with zero attached hydrogens (tertiary/aromatic N) is 4. The molecule has 0 atom stereocenters.